The van der Waals surface area contributed by atoms with E-state index in [1.807, 2.05) is 12.1 Å². The van der Waals surface area contributed by atoms with Crippen LogP contribution in [-0.4, -0.2) is 44.1 Å². The van der Waals surface area contributed by atoms with Crippen LogP contribution in [0.4, 0.5) is 0 Å². The fourth-order valence-electron chi connectivity index (χ4n) is 2.71. The Kier molecular flexibility index (Phi) is 7.31. The Balaban J connectivity index is 2.08. The number of rotatable bonds is 10. The van der Waals surface area contributed by atoms with Crippen molar-refractivity contribution in [3.05, 3.63) is 47.5 Å². The van der Waals surface area contributed by atoms with Crippen LogP contribution in [0.1, 0.15) is 23.7 Å². The average molecular weight is 376 g/mol. The molecule has 146 valence electrons. The topological polar surface area (TPSA) is 94.5 Å². The van der Waals surface area contributed by atoms with Gasteiger partial charge in [0, 0.05) is 0 Å². The van der Waals surface area contributed by atoms with E-state index in [-0.39, 0.29) is 0 Å². The number of aliphatic hydroxyl groups is 1. The summed E-state index contributed by atoms with van der Waals surface area (Å²) in [6, 6.07) is 10.5. The van der Waals surface area contributed by atoms with Gasteiger partial charge in [0.05, 0.1) is 27.4 Å². The third kappa shape index (κ3) is 5.52. The van der Waals surface area contributed by atoms with Crippen molar-refractivity contribution in [2.75, 3.05) is 27.9 Å². The van der Waals surface area contributed by atoms with E-state index in [0.717, 1.165) is 5.56 Å². The standard InChI is InChI=1S/C20H24O7/c1-24-17-9-13(10-18(25-2)20(17)26-3)7-8-16(21)14-5-4-6-15(11-14)27-12-19(22)23/h4-6,9-11,16,21H,7-8,12H2,1-3H3,(H,22,23). The van der Waals surface area contributed by atoms with Crippen molar-refractivity contribution < 1.29 is 34.0 Å². The highest BCUT2D eigenvalue weighted by atomic mass is 16.5. The van der Waals surface area contributed by atoms with E-state index in [1.54, 1.807) is 45.6 Å². The maximum atomic E-state index is 10.6. The van der Waals surface area contributed by atoms with Crippen LogP contribution in [0.3, 0.4) is 0 Å². The van der Waals surface area contributed by atoms with Crippen LogP contribution < -0.4 is 18.9 Å². The van der Waals surface area contributed by atoms with Crippen LogP contribution in [0.5, 0.6) is 23.0 Å². The molecule has 7 nitrogen and oxygen atoms in total. The zero-order valence-electron chi connectivity index (χ0n) is 15.6. The van der Waals surface area contributed by atoms with Crippen molar-refractivity contribution in [1.29, 1.82) is 0 Å². The number of aliphatic hydroxyl groups excluding tert-OH is 1. The van der Waals surface area contributed by atoms with E-state index in [0.29, 0.717) is 41.4 Å². The molecule has 7 heteroatoms. The van der Waals surface area contributed by atoms with Gasteiger partial charge in [-0.15, -0.1) is 0 Å². The Morgan fingerprint density at radius 3 is 2.26 bits per heavy atom. The zero-order chi connectivity index (χ0) is 19.8. The molecule has 0 aliphatic rings. The quantitative estimate of drug-likeness (QED) is 0.658. The Bertz CT molecular complexity index is 748. The molecule has 27 heavy (non-hydrogen) atoms. The first-order chi connectivity index (χ1) is 13.0. The summed E-state index contributed by atoms with van der Waals surface area (Å²) in [5, 5.41) is 19.2. The number of aliphatic carboxylic acids is 1. The van der Waals surface area contributed by atoms with Crippen LogP contribution in [0, 0.1) is 0 Å². The lowest BCUT2D eigenvalue weighted by molar-refractivity contribution is -0.139. The van der Waals surface area contributed by atoms with Crippen molar-refractivity contribution >= 4 is 5.97 Å². The van der Waals surface area contributed by atoms with Gasteiger partial charge in [0.25, 0.3) is 0 Å². The van der Waals surface area contributed by atoms with Crippen molar-refractivity contribution in [2.45, 2.75) is 18.9 Å². The second-order valence-electron chi connectivity index (χ2n) is 5.84. The van der Waals surface area contributed by atoms with Gasteiger partial charge < -0.3 is 29.2 Å². The zero-order valence-corrected chi connectivity index (χ0v) is 15.6. The summed E-state index contributed by atoms with van der Waals surface area (Å²) < 4.78 is 21.1. The molecule has 1 atom stereocenters. The normalized spacial score (nSPS) is 11.6. The lowest BCUT2D eigenvalue weighted by Crippen LogP contribution is -2.09. The van der Waals surface area contributed by atoms with E-state index in [9.17, 15) is 9.90 Å². The molecule has 0 saturated heterocycles. The summed E-state index contributed by atoms with van der Waals surface area (Å²) in [5.41, 5.74) is 1.59. The van der Waals surface area contributed by atoms with Crippen LogP contribution in [0.15, 0.2) is 36.4 Å². The maximum Gasteiger partial charge on any atom is 0.341 e. The summed E-state index contributed by atoms with van der Waals surface area (Å²) in [4.78, 5) is 10.6. The van der Waals surface area contributed by atoms with Gasteiger partial charge in [-0.1, -0.05) is 12.1 Å². The molecule has 2 aromatic carbocycles. The van der Waals surface area contributed by atoms with E-state index in [1.165, 1.54) is 0 Å². The monoisotopic (exact) mass is 376 g/mol. The van der Waals surface area contributed by atoms with Gasteiger partial charge in [-0.25, -0.2) is 4.79 Å². The number of methoxy groups -OCH3 is 3. The predicted octanol–water partition coefficient (Wildman–Crippen LogP) is 2.84. The van der Waals surface area contributed by atoms with E-state index in [2.05, 4.69) is 0 Å². The van der Waals surface area contributed by atoms with Gasteiger partial charge >= 0.3 is 5.97 Å². The first-order valence-electron chi connectivity index (χ1n) is 8.40. The predicted molar refractivity (Wildman–Crippen MR) is 99.0 cm³/mol. The third-order valence-corrected chi connectivity index (χ3v) is 4.04. The van der Waals surface area contributed by atoms with Crippen LogP contribution in [0.2, 0.25) is 0 Å². The summed E-state index contributed by atoms with van der Waals surface area (Å²) in [6.45, 7) is -0.426. The minimum Gasteiger partial charge on any atom is -0.493 e. The van der Waals surface area contributed by atoms with Gasteiger partial charge in [-0.3, -0.25) is 0 Å². The SMILES string of the molecule is COc1cc(CCC(O)c2cccc(OCC(=O)O)c2)cc(OC)c1OC. The molecule has 0 spiro atoms. The van der Waals surface area contributed by atoms with E-state index in [4.69, 9.17) is 24.1 Å². The van der Waals surface area contributed by atoms with Gasteiger partial charge in [0.2, 0.25) is 5.75 Å². The molecule has 0 bridgehead atoms. The first kappa shape index (κ1) is 20.4. The highest BCUT2D eigenvalue weighted by Gasteiger charge is 2.15. The second kappa shape index (κ2) is 9.68. The minimum absolute atomic E-state index is 0.404. The Morgan fingerprint density at radius 1 is 1.04 bits per heavy atom. The number of benzene rings is 2. The molecule has 0 fully saturated rings. The smallest absolute Gasteiger partial charge is 0.341 e. The summed E-state index contributed by atoms with van der Waals surface area (Å²) in [7, 11) is 4.65. The van der Waals surface area contributed by atoms with Crippen molar-refractivity contribution in [2.24, 2.45) is 0 Å². The van der Waals surface area contributed by atoms with Gasteiger partial charge in [0.15, 0.2) is 18.1 Å². The number of carbonyl (C=O) groups is 1. The Morgan fingerprint density at radius 2 is 1.70 bits per heavy atom. The Labute approximate surface area is 158 Å². The molecule has 0 radical (unpaired) electrons. The number of carboxylic acid groups (broad SMARTS) is 1. The van der Waals surface area contributed by atoms with Crippen LogP contribution in [-0.2, 0) is 11.2 Å². The molecule has 1 unspecified atom stereocenters. The lowest BCUT2D eigenvalue weighted by atomic mass is 10.0. The van der Waals surface area contributed by atoms with Crippen LogP contribution in [0.25, 0.3) is 0 Å². The molecule has 2 aromatic rings. The number of carboxylic acids is 1. The van der Waals surface area contributed by atoms with Crippen molar-refractivity contribution in [3.8, 4) is 23.0 Å². The largest absolute Gasteiger partial charge is 0.493 e. The van der Waals surface area contributed by atoms with Gasteiger partial charge in [0.1, 0.15) is 5.75 Å². The van der Waals surface area contributed by atoms with Crippen molar-refractivity contribution in [3.63, 3.8) is 0 Å². The molecule has 0 saturated carbocycles. The molecule has 2 rings (SSSR count). The molecule has 0 heterocycles. The molecular weight excluding hydrogens is 352 g/mol. The summed E-state index contributed by atoms with van der Waals surface area (Å²) >= 11 is 0. The fourth-order valence-corrected chi connectivity index (χ4v) is 2.71. The van der Waals surface area contributed by atoms with Crippen molar-refractivity contribution in [1.82, 2.24) is 0 Å². The van der Waals surface area contributed by atoms with E-state index >= 15 is 0 Å². The minimum atomic E-state index is -1.05. The highest BCUT2D eigenvalue weighted by Crippen LogP contribution is 2.38. The summed E-state index contributed by atoms with van der Waals surface area (Å²) in [6.07, 6.45) is 0.316. The third-order valence-electron chi connectivity index (χ3n) is 4.04. The molecule has 2 N–H and O–H groups in total. The molecule has 0 aliphatic carbocycles. The fraction of sp³-hybridized carbons (Fsp3) is 0.350. The molecule has 0 aromatic heterocycles. The molecular formula is C20H24O7. The Hall–Kier alpha value is -2.93. The van der Waals surface area contributed by atoms with Gasteiger partial charge in [-0.05, 0) is 48.2 Å². The highest BCUT2D eigenvalue weighted by molar-refractivity contribution is 5.68. The number of hydrogen-bond acceptors (Lipinski definition) is 6. The molecule has 0 amide bonds. The summed E-state index contributed by atoms with van der Waals surface area (Å²) in [5.74, 6) is 0.994. The maximum absolute atomic E-state index is 10.6. The number of aryl methyl sites for hydroxylation is 1. The number of hydrogen-bond donors (Lipinski definition) is 2. The second-order valence-corrected chi connectivity index (χ2v) is 5.84. The lowest BCUT2D eigenvalue weighted by Gasteiger charge is -2.16. The molecule has 0 aliphatic heterocycles. The van der Waals surface area contributed by atoms with E-state index < -0.39 is 18.7 Å². The first-order valence-corrected chi connectivity index (χ1v) is 8.40. The number of ether oxygens (including phenoxy) is 4. The average Bonchev–Trinajstić information content (AvgIpc) is 2.69. The van der Waals surface area contributed by atoms with Crippen LogP contribution >= 0.6 is 0 Å². The van der Waals surface area contributed by atoms with Gasteiger partial charge in [-0.2, -0.15) is 0 Å².